The van der Waals surface area contributed by atoms with Gasteiger partial charge in [-0.05, 0) is 44.5 Å². The van der Waals surface area contributed by atoms with Gasteiger partial charge in [0, 0.05) is 38.0 Å². The Bertz CT molecular complexity index is 730. The van der Waals surface area contributed by atoms with Crippen LogP contribution in [-0.2, 0) is 18.4 Å². The summed E-state index contributed by atoms with van der Waals surface area (Å²) in [5.74, 6) is 0.809. The summed E-state index contributed by atoms with van der Waals surface area (Å²) in [7, 11) is 3.70. The summed E-state index contributed by atoms with van der Waals surface area (Å²) < 4.78 is 7.25. The van der Waals surface area contributed by atoms with Crippen molar-refractivity contribution in [1.82, 2.24) is 14.7 Å². The van der Waals surface area contributed by atoms with Crippen LogP contribution in [0.3, 0.4) is 0 Å². The van der Waals surface area contributed by atoms with Crippen molar-refractivity contribution in [2.24, 2.45) is 7.05 Å². The molecule has 1 aromatic carbocycles. The minimum Gasteiger partial charge on any atom is -0.494 e. The maximum Gasteiger partial charge on any atom is 0.246 e. The van der Waals surface area contributed by atoms with Gasteiger partial charge in [-0.2, -0.15) is 5.10 Å². The van der Waals surface area contributed by atoms with E-state index in [0.717, 1.165) is 28.3 Å². The first-order valence-electron chi connectivity index (χ1n) is 8.07. The molecule has 2 rings (SSSR count). The molecule has 0 fully saturated rings. The number of hydrogen-bond donors (Lipinski definition) is 0. The van der Waals surface area contributed by atoms with Crippen molar-refractivity contribution in [2.45, 2.75) is 27.3 Å². The number of amides is 1. The fraction of sp³-hybridized carbons (Fsp3) is 0.368. The van der Waals surface area contributed by atoms with Crippen molar-refractivity contribution >= 4 is 12.0 Å². The van der Waals surface area contributed by atoms with E-state index in [2.05, 4.69) is 5.10 Å². The van der Waals surface area contributed by atoms with Gasteiger partial charge in [-0.1, -0.05) is 12.1 Å². The van der Waals surface area contributed by atoms with Crippen molar-refractivity contribution in [3.8, 4) is 5.75 Å². The Morgan fingerprint density at radius 2 is 1.96 bits per heavy atom. The van der Waals surface area contributed by atoms with Crippen LogP contribution >= 0.6 is 0 Å². The molecule has 0 saturated heterocycles. The number of likely N-dealkylation sites (N-methyl/N-ethyl adjacent to an activating group) is 1. The van der Waals surface area contributed by atoms with Gasteiger partial charge in [0.15, 0.2) is 0 Å². The number of rotatable bonds is 6. The Morgan fingerprint density at radius 3 is 2.50 bits per heavy atom. The van der Waals surface area contributed by atoms with Crippen molar-refractivity contribution in [2.75, 3.05) is 13.7 Å². The van der Waals surface area contributed by atoms with Crippen LogP contribution in [0.5, 0.6) is 5.75 Å². The molecule has 0 aliphatic rings. The van der Waals surface area contributed by atoms with Gasteiger partial charge in [0.05, 0.1) is 12.3 Å². The molecule has 1 amide bonds. The van der Waals surface area contributed by atoms with Gasteiger partial charge < -0.3 is 9.64 Å². The molecule has 5 heteroatoms. The van der Waals surface area contributed by atoms with Crippen molar-refractivity contribution < 1.29 is 9.53 Å². The highest BCUT2D eigenvalue weighted by molar-refractivity contribution is 5.91. The summed E-state index contributed by atoms with van der Waals surface area (Å²) in [6, 6.07) is 7.81. The normalized spacial score (nSPS) is 11.0. The lowest BCUT2D eigenvalue weighted by Gasteiger charge is -2.15. The first-order chi connectivity index (χ1) is 11.4. The number of ether oxygens (including phenoxy) is 1. The molecular weight excluding hydrogens is 302 g/mol. The lowest BCUT2D eigenvalue weighted by atomic mass is 10.1. The third-order valence-corrected chi connectivity index (χ3v) is 3.99. The number of benzene rings is 1. The molecule has 0 radical (unpaired) electrons. The van der Waals surface area contributed by atoms with Crippen molar-refractivity contribution in [1.29, 1.82) is 0 Å². The van der Waals surface area contributed by atoms with Crippen LogP contribution in [0.25, 0.3) is 6.08 Å². The van der Waals surface area contributed by atoms with Crippen LogP contribution in [0.4, 0.5) is 0 Å². The van der Waals surface area contributed by atoms with Crippen LogP contribution < -0.4 is 4.74 Å². The molecular formula is C19H25N3O2. The van der Waals surface area contributed by atoms with E-state index in [1.54, 1.807) is 18.0 Å². The van der Waals surface area contributed by atoms with E-state index < -0.39 is 0 Å². The Kier molecular flexibility index (Phi) is 5.79. The standard InChI is InChI=1S/C19H25N3O2/c1-6-24-17-9-7-16(8-10-17)13-21(4)19(23)12-11-18-14(2)20-22(5)15(18)3/h7-12H,6,13H2,1-5H3/b12-11+. The second kappa shape index (κ2) is 7.81. The van der Waals surface area contributed by atoms with Crippen LogP contribution in [0.1, 0.15) is 29.4 Å². The number of carbonyl (C=O) groups excluding carboxylic acids is 1. The van der Waals surface area contributed by atoms with E-state index >= 15 is 0 Å². The molecule has 2 aromatic rings. The van der Waals surface area contributed by atoms with E-state index in [1.165, 1.54) is 0 Å². The Balaban J connectivity index is 2.00. The molecule has 0 atom stereocenters. The van der Waals surface area contributed by atoms with Crippen molar-refractivity contribution in [3.05, 3.63) is 52.9 Å². The fourth-order valence-electron chi connectivity index (χ4n) is 2.52. The SMILES string of the molecule is CCOc1ccc(CN(C)C(=O)/C=C/c2c(C)nn(C)c2C)cc1. The molecule has 0 N–H and O–H groups in total. The maximum atomic E-state index is 12.3. The minimum absolute atomic E-state index is 0.0356. The average Bonchev–Trinajstić information content (AvgIpc) is 2.80. The summed E-state index contributed by atoms with van der Waals surface area (Å²) in [6.07, 6.45) is 3.44. The second-order valence-corrected chi connectivity index (χ2v) is 5.81. The van der Waals surface area contributed by atoms with E-state index in [0.29, 0.717) is 13.2 Å². The first kappa shape index (κ1) is 17.8. The summed E-state index contributed by atoms with van der Waals surface area (Å²) in [5, 5.41) is 4.35. The van der Waals surface area contributed by atoms with E-state index in [1.807, 2.05) is 62.8 Å². The molecule has 0 aliphatic heterocycles. The lowest BCUT2D eigenvalue weighted by molar-refractivity contribution is -0.125. The zero-order valence-corrected chi connectivity index (χ0v) is 15.0. The van der Waals surface area contributed by atoms with Gasteiger partial charge in [-0.15, -0.1) is 0 Å². The zero-order valence-electron chi connectivity index (χ0n) is 15.0. The number of nitrogens with zero attached hydrogens (tertiary/aromatic N) is 3. The lowest BCUT2D eigenvalue weighted by Crippen LogP contribution is -2.24. The summed E-state index contributed by atoms with van der Waals surface area (Å²) >= 11 is 0. The predicted molar refractivity (Wildman–Crippen MR) is 95.8 cm³/mol. The van der Waals surface area contributed by atoms with E-state index in [-0.39, 0.29) is 5.91 Å². The van der Waals surface area contributed by atoms with Gasteiger partial charge in [0.25, 0.3) is 0 Å². The smallest absolute Gasteiger partial charge is 0.246 e. The largest absolute Gasteiger partial charge is 0.494 e. The number of aryl methyl sites for hydroxylation is 2. The first-order valence-corrected chi connectivity index (χ1v) is 8.07. The molecule has 0 unspecified atom stereocenters. The molecule has 128 valence electrons. The van der Waals surface area contributed by atoms with Gasteiger partial charge in [0.2, 0.25) is 5.91 Å². The van der Waals surface area contributed by atoms with Crippen molar-refractivity contribution in [3.63, 3.8) is 0 Å². The monoisotopic (exact) mass is 327 g/mol. The van der Waals surface area contributed by atoms with Crippen LogP contribution in [0, 0.1) is 13.8 Å². The van der Waals surface area contributed by atoms with Gasteiger partial charge >= 0.3 is 0 Å². The minimum atomic E-state index is -0.0356. The van der Waals surface area contributed by atoms with Crippen LogP contribution in [-0.4, -0.2) is 34.2 Å². The Morgan fingerprint density at radius 1 is 1.29 bits per heavy atom. The number of aromatic nitrogens is 2. The molecule has 1 heterocycles. The molecule has 1 aromatic heterocycles. The van der Waals surface area contributed by atoms with E-state index in [9.17, 15) is 4.79 Å². The van der Waals surface area contributed by atoms with Gasteiger partial charge in [-0.25, -0.2) is 0 Å². The highest BCUT2D eigenvalue weighted by Crippen LogP contribution is 2.15. The predicted octanol–water partition coefficient (Wildman–Crippen LogP) is 3.11. The van der Waals surface area contributed by atoms with Gasteiger partial charge in [0.1, 0.15) is 5.75 Å². The third kappa shape index (κ3) is 4.25. The molecule has 5 nitrogen and oxygen atoms in total. The highest BCUT2D eigenvalue weighted by atomic mass is 16.5. The maximum absolute atomic E-state index is 12.3. The molecule has 0 spiro atoms. The quantitative estimate of drug-likeness (QED) is 0.766. The zero-order chi connectivity index (χ0) is 17.7. The molecule has 0 aliphatic carbocycles. The van der Waals surface area contributed by atoms with Gasteiger partial charge in [-0.3, -0.25) is 9.48 Å². The average molecular weight is 327 g/mol. The topological polar surface area (TPSA) is 47.4 Å². The van der Waals surface area contributed by atoms with Crippen LogP contribution in [0.2, 0.25) is 0 Å². The number of hydrogen-bond acceptors (Lipinski definition) is 3. The second-order valence-electron chi connectivity index (χ2n) is 5.81. The summed E-state index contributed by atoms with van der Waals surface area (Å²) in [5.41, 5.74) is 4.04. The molecule has 0 saturated carbocycles. The molecule has 0 bridgehead atoms. The Labute approximate surface area is 143 Å². The highest BCUT2D eigenvalue weighted by Gasteiger charge is 2.09. The number of carbonyl (C=O) groups is 1. The van der Waals surface area contributed by atoms with Crippen LogP contribution in [0.15, 0.2) is 30.3 Å². The molecule has 24 heavy (non-hydrogen) atoms. The fourth-order valence-corrected chi connectivity index (χ4v) is 2.52. The third-order valence-electron chi connectivity index (χ3n) is 3.99. The summed E-state index contributed by atoms with van der Waals surface area (Å²) in [6.45, 7) is 7.10. The summed E-state index contributed by atoms with van der Waals surface area (Å²) in [4.78, 5) is 14.0. The Hall–Kier alpha value is -2.56. The van der Waals surface area contributed by atoms with E-state index in [4.69, 9.17) is 4.74 Å².